The molecule has 0 aromatic heterocycles. The quantitative estimate of drug-likeness (QED) is 0.665. The second-order valence-corrected chi connectivity index (χ2v) is 6.07. The van der Waals surface area contributed by atoms with Crippen LogP contribution in [0.1, 0.15) is 53.9 Å². The molecule has 1 aliphatic rings. The maximum Gasteiger partial charge on any atom is 0.316 e. The smallest absolute Gasteiger partial charge is 0.316 e. The van der Waals surface area contributed by atoms with E-state index in [1.165, 1.54) is 6.42 Å². The fraction of sp³-hybridized carbons (Fsp3) is 0.786. The fourth-order valence-corrected chi connectivity index (χ4v) is 1.80. The minimum absolute atomic E-state index is 0.122. The number of hydrogen-bond donors (Lipinski definition) is 0. The number of hydrogen-bond acceptors (Lipinski definition) is 2. The minimum atomic E-state index is -0.411. The van der Waals surface area contributed by atoms with E-state index in [-0.39, 0.29) is 5.97 Å². The number of esters is 1. The van der Waals surface area contributed by atoms with Gasteiger partial charge in [-0.05, 0) is 51.5 Å². The number of ether oxygens (including phenoxy) is 1. The first-order valence-corrected chi connectivity index (χ1v) is 6.23. The molecular formula is C14H24O2. The molecule has 0 radical (unpaired) electrons. The summed E-state index contributed by atoms with van der Waals surface area (Å²) in [5.74, 6) is 1.95. The molecule has 1 aliphatic carbocycles. The fourth-order valence-electron chi connectivity index (χ4n) is 1.80. The van der Waals surface area contributed by atoms with Crippen molar-refractivity contribution in [3.63, 3.8) is 0 Å². The molecule has 1 atom stereocenters. The highest BCUT2D eigenvalue weighted by molar-refractivity contribution is 5.76. The largest absolute Gasteiger partial charge is 0.431 e. The number of rotatable bonds is 2. The van der Waals surface area contributed by atoms with Crippen LogP contribution in [0.5, 0.6) is 0 Å². The van der Waals surface area contributed by atoms with Gasteiger partial charge in [0.2, 0.25) is 0 Å². The first-order chi connectivity index (χ1) is 7.30. The SMILES string of the molecule is CC(C)C1C=C(OC(=O)C(C)(C)C)CCC1. The molecule has 2 heteroatoms. The van der Waals surface area contributed by atoms with Gasteiger partial charge in [0.05, 0.1) is 5.41 Å². The highest BCUT2D eigenvalue weighted by atomic mass is 16.5. The van der Waals surface area contributed by atoms with Gasteiger partial charge in [-0.2, -0.15) is 0 Å². The predicted molar refractivity (Wildman–Crippen MR) is 65.8 cm³/mol. The molecule has 16 heavy (non-hydrogen) atoms. The molecule has 0 aromatic carbocycles. The van der Waals surface area contributed by atoms with Crippen molar-refractivity contribution in [2.75, 3.05) is 0 Å². The first-order valence-electron chi connectivity index (χ1n) is 6.23. The molecule has 0 saturated carbocycles. The van der Waals surface area contributed by atoms with Gasteiger partial charge in [0, 0.05) is 6.42 Å². The molecule has 0 bridgehead atoms. The molecule has 1 rings (SSSR count). The van der Waals surface area contributed by atoms with E-state index in [0.717, 1.165) is 18.6 Å². The third-order valence-corrected chi connectivity index (χ3v) is 3.05. The Bertz CT molecular complexity index is 282. The van der Waals surface area contributed by atoms with E-state index in [1.54, 1.807) is 0 Å². The molecule has 0 spiro atoms. The summed E-state index contributed by atoms with van der Waals surface area (Å²) in [6.45, 7) is 10.1. The average molecular weight is 224 g/mol. The zero-order valence-corrected chi connectivity index (χ0v) is 11.2. The van der Waals surface area contributed by atoms with Crippen molar-refractivity contribution in [3.8, 4) is 0 Å². The van der Waals surface area contributed by atoms with Crippen molar-refractivity contribution in [2.45, 2.75) is 53.9 Å². The summed E-state index contributed by atoms with van der Waals surface area (Å²) in [5.41, 5.74) is -0.411. The Morgan fingerprint density at radius 2 is 2.06 bits per heavy atom. The van der Waals surface area contributed by atoms with Crippen molar-refractivity contribution in [3.05, 3.63) is 11.8 Å². The van der Waals surface area contributed by atoms with Crippen LogP contribution in [0.15, 0.2) is 11.8 Å². The maximum absolute atomic E-state index is 11.7. The molecular weight excluding hydrogens is 200 g/mol. The van der Waals surface area contributed by atoms with E-state index >= 15 is 0 Å². The van der Waals surface area contributed by atoms with Crippen molar-refractivity contribution in [1.29, 1.82) is 0 Å². The van der Waals surface area contributed by atoms with Crippen molar-refractivity contribution in [2.24, 2.45) is 17.3 Å². The van der Waals surface area contributed by atoms with Gasteiger partial charge >= 0.3 is 5.97 Å². The molecule has 0 aliphatic heterocycles. The second-order valence-electron chi connectivity index (χ2n) is 6.07. The lowest BCUT2D eigenvalue weighted by atomic mass is 9.86. The van der Waals surface area contributed by atoms with E-state index in [1.807, 2.05) is 20.8 Å². The number of allylic oxidation sites excluding steroid dienone is 2. The molecule has 0 amide bonds. The summed E-state index contributed by atoms with van der Waals surface area (Å²) < 4.78 is 5.46. The molecule has 0 saturated heterocycles. The lowest BCUT2D eigenvalue weighted by Gasteiger charge is -2.25. The third kappa shape index (κ3) is 3.66. The normalized spacial score (nSPS) is 21.9. The molecule has 0 fully saturated rings. The number of carbonyl (C=O) groups excluding carboxylic acids is 1. The first kappa shape index (κ1) is 13.3. The zero-order valence-electron chi connectivity index (χ0n) is 11.2. The summed E-state index contributed by atoms with van der Waals surface area (Å²) in [6, 6.07) is 0. The van der Waals surface area contributed by atoms with Gasteiger partial charge in [-0.25, -0.2) is 0 Å². The lowest BCUT2D eigenvalue weighted by Crippen LogP contribution is -2.24. The highest BCUT2D eigenvalue weighted by Gasteiger charge is 2.26. The predicted octanol–water partition coefficient (Wildman–Crippen LogP) is 3.92. The van der Waals surface area contributed by atoms with Gasteiger partial charge in [0.1, 0.15) is 5.76 Å². The van der Waals surface area contributed by atoms with Gasteiger partial charge in [0.25, 0.3) is 0 Å². The summed E-state index contributed by atoms with van der Waals surface area (Å²) in [4.78, 5) is 11.7. The van der Waals surface area contributed by atoms with Crippen LogP contribution in [0.4, 0.5) is 0 Å². The van der Waals surface area contributed by atoms with Crippen molar-refractivity contribution >= 4 is 5.97 Å². The van der Waals surface area contributed by atoms with Crippen LogP contribution in [-0.2, 0) is 9.53 Å². The van der Waals surface area contributed by atoms with Crippen LogP contribution in [0.25, 0.3) is 0 Å². The van der Waals surface area contributed by atoms with Crippen LogP contribution >= 0.6 is 0 Å². The Hall–Kier alpha value is -0.790. The lowest BCUT2D eigenvalue weighted by molar-refractivity contribution is -0.148. The van der Waals surface area contributed by atoms with Gasteiger partial charge in [-0.15, -0.1) is 0 Å². The van der Waals surface area contributed by atoms with Gasteiger partial charge in [-0.1, -0.05) is 13.8 Å². The third-order valence-electron chi connectivity index (χ3n) is 3.05. The molecule has 92 valence electrons. The minimum Gasteiger partial charge on any atom is -0.431 e. The molecule has 0 aromatic rings. The Balaban J connectivity index is 2.64. The highest BCUT2D eigenvalue weighted by Crippen LogP contribution is 2.30. The summed E-state index contributed by atoms with van der Waals surface area (Å²) in [5, 5.41) is 0. The van der Waals surface area contributed by atoms with E-state index in [0.29, 0.717) is 11.8 Å². The standard InChI is InChI=1S/C14H24O2/c1-10(2)11-7-6-8-12(9-11)16-13(15)14(3,4)5/h9-11H,6-8H2,1-5H3. The molecule has 0 N–H and O–H groups in total. The van der Waals surface area contributed by atoms with Crippen LogP contribution in [-0.4, -0.2) is 5.97 Å². The van der Waals surface area contributed by atoms with Gasteiger partial charge < -0.3 is 4.74 Å². The van der Waals surface area contributed by atoms with Crippen LogP contribution in [0.2, 0.25) is 0 Å². The molecule has 2 nitrogen and oxygen atoms in total. The summed E-state index contributed by atoms with van der Waals surface area (Å²) in [7, 11) is 0. The van der Waals surface area contributed by atoms with Gasteiger partial charge in [0.15, 0.2) is 0 Å². The monoisotopic (exact) mass is 224 g/mol. The van der Waals surface area contributed by atoms with E-state index in [2.05, 4.69) is 19.9 Å². The zero-order chi connectivity index (χ0) is 12.3. The topological polar surface area (TPSA) is 26.3 Å². The second kappa shape index (κ2) is 5.03. The maximum atomic E-state index is 11.7. The van der Waals surface area contributed by atoms with E-state index in [9.17, 15) is 4.79 Å². The van der Waals surface area contributed by atoms with Crippen molar-refractivity contribution in [1.82, 2.24) is 0 Å². The summed E-state index contributed by atoms with van der Waals surface area (Å²) in [6.07, 6.45) is 5.41. The number of carbonyl (C=O) groups is 1. The van der Waals surface area contributed by atoms with Crippen molar-refractivity contribution < 1.29 is 9.53 Å². The van der Waals surface area contributed by atoms with Crippen LogP contribution < -0.4 is 0 Å². The van der Waals surface area contributed by atoms with Crippen LogP contribution in [0.3, 0.4) is 0 Å². The Morgan fingerprint density at radius 1 is 1.44 bits per heavy atom. The Labute approximate surface area is 99.1 Å². The van der Waals surface area contributed by atoms with Gasteiger partial charge in [-0.3, -0.25) is 4.79 Å². The van der Waals surface area contributed by atoms with E-state index < -0.39 is 5.41 Å². The molecule has 0 heterocycles. The summed E-state index contributed by atoms with van der Waals surface area (Å²) >= 11 is 0. The Kier molecular flexibility index (Phi) is 4.17. The van der Waals surface area contributed by atoms with E-state index in [4.69, 9.17) is 4.74 Å². The average Bonchev–Trinajstić information content (AvgIpc) is 2.16. The molecule has 1 unspecified atom stereocenters. The Morgan fingerprint density at radius 3 is 2.56 bits per heavy atom. The van der Waals surface area contributed by atoms with Crippen LogP contribution in [0, 0.1) is 17.3 Å².